The predicted molar refractivity (Wildman–Crippen MR) is 137 cm³/mol. The van der Waals surface area contributed by atoms with Gasteiger partial charge >= 0.3 is 6.03 Å². The number of rotatable bonds is 7. The van der Waals surface area contributed by atoms with Crippen LogP contribution in [0.25, 0.3) is 10.6 Å². The lowest BCUT2D eigenvalue weighted by Gasteiger charge is -2.29. The van der Waals surface area contributed by atoms with Crippen LogP contribution in [0.5, 0.6) is 0 Å². The van der Waals surface area contributed by atoms with Gasteiger partial charge in [0.1, 0.15) is 9.75 Å². The van der Waals surface area contributed by atoms with Crippen LogP contribution in [0, 0.1) is 0 Å². The molecule has 2 aliphatic rings. The van der Waals surface area contributed by atoms with Crippen molar-refractivity contribution in [3.05, 3.63) is 54.2 Å². The molecule has 2 N–H and O–H groups in total. The van der Waals surface area contributed by atoms with Crippen LogP contribution < -0.4 is 14.9 Å². The molecule has 3 aromatic rings. The Morgan fingerprint density at radius 2 is 1.94 bits per heavy atom. The number of urea groups is 1. The highest BCUT2D eigenvalue weighted by Crippen LogP contribution is 2.36. The van der Waals surface area contributed by atoms with Gasteiger partial charge in [0.15, 0.2) is 0 Å². The van der Waals surface area contributed by atoms with E-state index in [1.165, 1.54) is 20.5 Å². The highest BCUT2D eigenvalue weighted by Gasteiger charge is 2.45. The van der Waals surface area contributed by atoms with E-state index >= 15 is 0 Å². The molecule has 2 aromatic heterocycles. The topological polar surface area (TPSA) is 125 Å². The monoisotopic (exact) mass is 526 g/mol. The highest BCUT2D eigenvalue weighted by molar-refractivity contribution is 7.94. The summed E-state index contributed by atoms with van der Waals surface area (Å²) in [6.45, 7) is 4.46. The number of carbonyl (C=O) groups excluding carboxylic acids is 2. The SMILES string of the molecule is CC1(C)C(=O)NC(=O)N1CCNc1nccc(-c2ccc(S(=O)(=O)N3CCCc4ccccc43)s2)n1. The molecule has 3 amide bonds. The van der Waals surface area contributed by atoms with Crippen molar-refractivity contribution in [2.75, 3.05) is 29.3 Å². The van der Waals surface area contributed by atoms with E-state index < -0.39 is 21.6 Å². The maximum atomic E-state index is 13.5. The van der Waals surface area contributed by atoms with Crippen molar-refractivity contribution in [2.45, 2.75) is 36.4 Å². The van der Waals surface area contributed by atoms with E-state index in [0.717, 1.165) is 24.1 Å². The Morgan fingerprint density at radius 1 is 1.14 bits per heavy atom. The number of thiophene rings is 1. The van der Waals surface area contributed by atoms with Gasteiger partial charge < -0.3 is 10.2 Å². The summed E-state index contributed by atoms with van der Waals surface area (Å²) in [7, 11) is -3.70. The minimum Gasteiger partial charge on any atom is -0.352 e. The molecule has 1 saturated heterocycles. The fraction of sp³-hybridized carbons (Fsp3) is 0.333. The number of amides is 3. The van der Waals surface area contributed by atoms with Crippen LogP contribution in [0.1, 0.15) is 25.8 Å². The van der Waals surface area contributed by atoms with Crippen LogP contribution in [0.15, 0.2) is 52.9 Å². The van der Waals surface area contributed by atoms with Gasteiger partial charge in [-0.3, -0.25) is 14.4 Å². The molecule has 2 aliphatic heterocycles. The van der Waals surface area contributed by atoms with Gasteiger partial charge in [0.25, 0.3) is 15.9 Å². The van der Waals surface area contributed by atoms with E-state index in [-0.39, 0.29) is 16.7 Å². The maximum Gasteiger partial charge on any atom is 0.325 e. The zero-order valence-electron chi connectivity index (χ0n) is 19.9. The molecule has 0 unspecified atom stereocenters. The number of fused-ring (bicyclic) bond motifs is 1. The molecule has 5 rings (SSSR count). The molecule has 10 nitrogen and oxygen atoms in total. The van der Waals surface area contributed by atoms with Crippen molar-refractivity contribution >= 4 is 44.9 Å². The second kappa shape index (κ2) is 9.17. The van der Waals surface area contributed by atoms with E-state index in [1.807, 2.05) is 24.3 Å². The number of carbonyl (C=O) groups is 2. The number of aromatic nitrogens is 2. The van der Waals surface area contributed by atoms with Crippen molar-refractivity contribution in [1.29, 1.82) is 0 Å². The molecule has 36 heavy (non-hydrogen) atoms. The standard InChI is InChI=1S/C24H26N6O4S2/c1-24(2)21(31)28-23(32)29(24)15-13-26-22-25-12-11-17(27-22)19-9-10-20(35-19)36(33,34)30-14-5-7-16-6-3-4-8-18(16)30/h3-4,6,8-12H,5,7,13-15H2,1-2H3,(H,25,26,27)(H,28,31,32). The average Bonchev–Trinajstić information content (AvgIpc) is 3.44. The number of nitrogens with zero attached hydrogens (tertiary/aromatic N) is 4. The molecule has 0 atom stereocenters. The molecule has 188 valence electrons. The van der Waals surface area contributed by atoms with Crippen LogP contribution in [-0.2, 0) is 21.2 Å². The highest BCUT2D eigenvalue weighted by atomic mass is 32.2. The number of sulfonamides is 1. The molecule has 1 aromatic carbocycles. The number of hydrogen-bond acceptors (Lipinski definition) is 8. The van der Waals surface area contributed by atoms with Gasteiger partial charge in [-0.15, -0.1) is 11.3 Å². The number of aryl methyl sites for hydroxylation is 1. The van der Waals surface area contributed by atoms with Crippen molar-refractivity contribution in [3.8, 4) is 10.6 Å². The first-order valence-corrected chi connectivity index (χ1v) is 13.8. The quantitative estimate of drug-likeness (QED) is 0.453. The van der Waals surface area contributed by atoms with E-state index in [1.54, 1.807) is 38.2 Å². The molecule has 0 bridgehead atoms. The van der Waals surface area contributed by atoms with Gasteiger partial charge in [0, 0.05) is 25.8 Å². The Bertz CT molecular complexity index is 1440. The average molecular weight is 527 g/mol. The first-order valence-electron chi connectivity index (χ1n) is 11.6. The van der Waals surface area contributed by atoms with E-state index in [2.05, 4.69) is 20.6 Å². The molecular weight excluding hydrogens is 500 g/mol. The van der Waals surface area contributed by atoms with Gasteiger partial charge in [-0.1, -0.05) is 18.2 Å². The zero-order chi connectivity index (χ0) is 25.5. The van der Waals surface area contributed by atoms with Crippen molar-refractivity contribution in [2.24, 2.45) is 0 Å². The second-order valence-corrected chi connectivity index (χ2v) is 12.3. The lowest BCUT2D eigenvalue weighted by atomic mass is 10.0. The molecule has 12 heteroatoms. The van der Waals surface area contributed by atoms with Crippen LogP contribution in [0.3, 0.4) is 0 Å². The Hall–Kier alpha value is -3.51. The normalized spacial score (nSPS) is 17.2. The predicted octanol–water partition coefficient (Wildman–Crippen LogP) is 3.09. The molecular formula is C24H26N6O4S2. The van der Waals surface area contributed by atoms with E-state index in [9.17, 15) is 18.0 Å². The van der Waals surface area contributed by atoms with Gasteiger partial charge in [-0.2, -0.15) is 0 Å². The van der Waals surface area contributed by atoms with Crippen molar-refractivity contribution in [3.63, 3.8) is 0 Å². The number of para-hydroxylation sites is 1. The maximum absolute atomic E-state index is 13.5. The van der Waals surface area contributed by atoms with Crippen LogP contribution in [0.2, 0.25) is 0 Å². The number of hydrogen-bond donors (Lipinski definition) is 2. The summed E-state index contributed by atoms with van der Waals surface area (Å²) in [6, 6.07) is 12.3. The molecule has 0 spiro atoms. The largest absolute Gasteiger partial charge is 0.352 e. The Morgan fingerprint density at radius 3 is 2.72 bits per heavy atom. The van der Waals surface area contributed by atoms with Gasteiger partial charge in [0.05, 0.1) is 16.3 Å². The van der Waals surface area contributed by atoms with Gasteiger partial charge in [-0.05, 0) is 56.5 Å². The number of anilines is 2. The summed E-state index contributed by atoms with van der Waals surface area (Å²) in [6.07, 6.45) is 3.24. The third-order valence-electron chi connectivity index (χ3n) is 6.42. The third kappa shape index (κ3) is 4.30. The minimum atomic E-state index is -3.70. The smallest absolute Gasteiger partial charge is 0.325 e. The van der Waals surface area contributed by atoms with Crippen LogP contribution in [-0.4, -0.2) is 60.4 Å². The summed E-state index contributed by atoms with van der Waals surface area (Å²) in [5.74, 6) is 0.0150. The van der Waals surface area contributed by atoms with Gasteiger partial charge in [0.2, 0.25) is 5.95 Å². The Balaban J connectivity index is 1.30. The van der Waals surface area contributed by atoms with Crippen LogP contribution >= 0.6 is 11.3 Å². The zero-order valence-corrected chi connectivity index (χ0v) is 21.5. The first-order chi connectivity index (χ1) is 17.2. The number of imide groups is 1. The summed E-state index contributed by atoms with van der Waals surface area (Å²) in [5.41, 5.74) is 1.45. The lowest BCUT2D eigenvalue weighted by molar-refractivity contribution is -0.125. The molecule has 0 radical (unpaired) electrons. The van der Waals surface area contributed by atoms with E-state index in [4.69, 9.17) is 0 Å². The Kier molecular flexibility index (Phi) is 6.17. The number of nitrogens with one attached hydrogen (secondary N) is 2. The molecule has 1 fully saturated rings. The van der Waals surface area contributed by atoms with Crippen molar-refractivity contribution in [1.82, 2.24) is 20.2 Å². The van der Waals surface area contributed by atoms with Crippen LogP contribution in [0.4, 0.5) is 16.4 Å². The fourth-order valence-corrected chi connectivity index (χ4v) is 7.32. The summed E-state index contributed by atoms with van der Waals surface area (Å²) < 4.78 is 28.7. The first kappa shape index (κ1) is 24.2. The Labute approximate surface area is 213 Å². The third-order valence-corrected chi connectivity index (χ3v) is 9.80. The fourth-order valence-electron chi connectivity index (χ4n) is 4.39. The lowest BCUT2D eigenvalue weighted by Crippen LogP contribution is -2.46. The number of benzene rings is 1. The summed E-state index contributed by atoms with van der Waals surface area (Å²) in [4.78, 5) is 34.9. The minimum absolute atomic E-state index is 0.259. The molecule has 0 aliphatic carbocycles. The molecule has 4 heterocycles. The summed E-state index contributed by atoms with van der Waals surface area (Å²) >= 11 is 1.17. The van der Waals surface area contributed by atoms with E-state index in [0.29, 0.717) is 29.6 Å². The van der Waals surface area contributed by atoms with Gasteiger partial charge in [-0.25, -0.2) is 23.2 Å². The van der Waals surface area contributed by atoms with Crippen molar-refractivity contribution < 1.29 is 18.0 Å². The second-order valence-electron chi connectivity index (χ2n) is 9.09. The summed E-state index contributed by atoms with van der Waals surface area (Å²) in [5, 5.41) is 5.40. The molecule has 0 saturated carbocycles.